The monoisotopic (exact) mass is 373 g/mol. The second-order valence-electron chi connectivity index (χ2n) is 6.40. The highest BCUT2D eigenvalue weighted by molar-refractivity contribution is 6.33. The van der Waals surface area contributed by atoms with Crippen LogP contribution in [0.2, 0.25) is 5.15 Å². The summed E-state index contributed by atoms with van der Waals surface area (Å²) in [5, 5.41) is 36.7. The number of hydrogen-bond acceptors (Lipinski definition) is 6. The van der Waals surface area contributed by atoms with Gasteiger partial charge in [0.2, 0.25) is 0 Å². The molecule has 0 amide bonds. The van der Waals surface area contributed by atoms with E-state index in [1.165, 1.54) is 20.2 Å². The molecule has 0 aromatic carbocycles. The Kier molecular flexibility index (Phi) is 7.77. The molecular formula is C17H28ClN3O4. The van der Waals surface area contributed by atoms with Gasteiger partial charge in [0.1, 0.15) is 17.1 Å². The van der Waals surface area contributed by atoms with Gasteiger partial charge in [-0.3, -0.25) is 0 Å². The molecule has 0 aliphatic heterocycles. The van der Waals surface area contributed by atoms with Gasteiger partial charge >= 0.3 is 0 Å². The summed E-state index contributed by atoms with van der Waals surface area (Å²) in [5.41, 5.74) is -0.180. The molecule has 1 aliphatic rings. The second kappa shape index (κ2) is 8.91. The quantitative estimate of drug-likeness (QED) is 0.474. The van der Waals surface area contributed by atoms with Crippen LogP contribution in [-0.2, 0) is 0 Å². The Morgan fingerprint density at radius 1 is 1.32 bits per heavy atom. The lowest BCUT2D eigenvalue weighted by atomic mass is 10.0. The van der Waals surface area contributed by atoms with Gasteiger partial charge in [-0.25, -0.2) is 9.97 Å². The van der Waals surface area contributed by atoms with Gasteiger partial charge in [-0.2, -0.15) is 0 Å². The summed E-state index contributed by atoms with van der Waals surface area (Å²) in [4.78, 5) is 8.19. The van der Waals surface area contributed by atoms with Gasteiger partial charge in [-0.1, -0.05) is 25.4 Å². The van der Waals surface area contributed by atoms with E-state index in [4.69, 9.17) is 21.8 Å². The molecule has 4 N–H and O–H groups in total. The van der Waals surface area contributed by atoms with Crippen molar-refractivity contribution in [2.75, 3.05) is 6.61 Å². The first-order valence-electron chi connectivity index (χ1n) is 8.38. The normalized spacial score (nSPS) is 22.8. The molecule has 3 rings (SSSR count). The molecule has 1 fully saturated rings. The third kappa shape index (κ3) is 6.20. The highest BCUT2D eigenvalue weighted by atomic mass is 35.5. The highest BCUT2D eigenvalue weighted by Crippen LogP contribution is 2.39. The van der Waals surface area contributed by atoms with E-state index < -0.39 is 11.4 Å². The van der Waals surface area contributed by atoms with E-state index in [-0.39, 0.29) is 12.6 Å². The van der Waals surface area contributed by atoms with E-state index in [2.05, 4.69) is 9.97 Å². The molecule has 2 aromatic heterocycles. The van der Waals surface area contributed by atoms with Crippen LogP contribution in [0.5, 0.6) is 0 Å². The lowest BCUT2D eigenvalue weighted by Crippen LogP contribution is -2.29. The van der Waals surface area contributed by atoms with Crippen LogP contribution in [0.4, 0.5) is 0 Å². The van der Waals surface area contributed by atoms with Crippen molar-refractivity contribution < 1.29 is 20.4 Å². The van der Waals surface area contributed by atoms with Crippen LogP contribution in [0.15, 0.2) is 18.6 Å². The Balaban J connectivity index is 0.000000388. The first-order chi connectivity index (χ1) is 11.6. The Bertz CT molecular complexity index is 665. The molecule has 0 bridgehead atoms. The number of nitrogens with zero attached hydrogens (tertiary/aromatic N) is 3. The van der Waals surface area contributed by atoms with Crippen molar-refractivity contribution in [2.24, 2.45) is 0 Å². The topological polar surface area (TPSA) is 112 Å². The average molecular weight is 374 g/mol. The summed E-state index contributed by atoms with van der Waals surface area (Å²) >= 11 is 6.01. The molecule has 0 radical (unpaired) electrons. The summed E-state index contributed by atoms with van der Waals surface area (Å²) in [7, 11) is 0. The molecule has 0 saturated heterocycles. The minimum absolute atomic E-state index is 0.144. The van der Waals surface area contributed by atoms with Gasteiger partial charge in [-0.05, 0) is 39.2 Å². The van der Waals surface area contributed by atoms with E-state index in [9.17, 15) is 10.2 Å². The zero-order valence-corrected chi connectivity index (χ0v) is 15.9. The molecular weight excluding hydrogens is 346 g/mol. The van der Waals surface area contributed by atoms with Crippen LogP contribution >= 0.6 is 11.6 Å². The van der Waals surface area contributed by atoms with Crippen LogP contribution in [0.1, 0.15) is 53.0 Å². The van der Waals surface area contributed by atoms with Crippen LogP contribution < -0.4 is 0 Å². The smallest absolute Gasteiger partial charge is 0.156 e. The molecule has 2 aromatic rings. The number of aliphatic hydroxyl groups excluding tert-OH is 1. The minimum Gasteiger partial charge on any atom is -0.393 e. The van der Waals surface area contributed by atoms with Crippen molar-refractivity contribution >= 4 is 22.6 Å². The molecule has 1 unspecified atom stereocenters. The van der Waals surface area contributed by atoms with Crippen molar-refractivity contribution in [3.63, 3.8) is 0 Å². The predicted molar refractivity (Wildman–Crippen MR) is 97.3 cm³/mol. The summed E-state index contributed by atoms with van der Waals surface area (Å²) in [6, 6.07) is 2.03. The van der Waals surface area contributed by atoms with E-state index in [0.29, 0.717) is 18.0 Å². The molecule has 7 nitrogen and oxygen atoms in total. The fraction of sp³-hybridized carbons (Fsp3) is 0.647. The Labute approximate surface area is 152 Å². The SMILES string of the molecule is CC.CC(C)(O)O.OC[C@@]1(O)CCC(n2ccc3c(Cl)ncnc32)C1. The van der Waals surface area contributed by atoms with Crippen LogP contribution in [-0.4, -0.2) is 53.0 Å². The zero-order valence-electron chi connectivity index (χ0n) is 15.1. The van der Waals surface area contributed by atoms with Gasteiger partial charge in [0, 0.05) is 12.2 Å². The Hall–Kier alpha value is -1.25. The van der Waals surface area contributed by atoms with Crippen molar-refractivity contribution in [2.45, 2.75) is 64.4 Å². The van der Waals surface area contributed by atoms with Crippen molar-refractivity contribution in [1.29, 1.82) is 0 Å². The number of halogens is 1. The first-order valence-corrected chi connectivity index (χ1v) is 8.76. The molecule has 2 heterocycles. The van der Waals surface area contributed by atoms with Crippen molar-refractivity contribution in [3.8, 4) is 0 Å². The zero-order chi connectivity index (χ0) is 19.3. The third-order valence-electron chi connectivity index (χ3n) is 3.71. The maximum atomic E-state index is 10.1. The minimum atomic E-state index is -1.50. The predicted octanol–water partition coefficient (Wildman–Crippen LogP) is 2.27. The fourth-order valence-electron chi connectivity index (χ4n) is 2.69. The van der Waals surface area contributed by atoms with Gasteiger partial charge < -0.3 is 25.0 Å². The van der Waals surface area contributed by atoms with E-state index in [1.807, 2.05) is 30.7 Å². The molecule has 25 heavy (non-hydrogen) atoms. The average Bonchev–Trinajstić information content (AvgIpc) is 3.13. The molecule has 0 spiro atoms. The molecule has 142 valence electrons. The standard InChI is InChI=1S/C12H14ClN3O2.C3H8O2.C2H6/c13-10-9-2-4-16(11(9)15-7-14-10)8-1-3-12(18,5-8)6-17;1-3(2,4)5;1-2/h2,4,7-8,17-18H,1,3,5-6H2;4-5H,1-2H3;1-2H3/t8?,12-;;/m1../s1. The number of aliphatic hydroxyl groups is 4. The summed E-state index contributed by atoms with van der Waals surface area (Å²) < 4.78 is 2.01. The summed E-state index contributed by atoms with van der Waals surface area (Å²) in [5.74, 6) is -1.50. The summed E-state index contributed by atoms with van der Waals surface area (Å²) in [6.45, 7) is 6.40. The summed E-state index contributed by atoms with van der Waals surface area (Å²) in [6.07, 6.45) is 5.32. The maximum absolute atomic E-state index is 10.1. The molecule has 1 aliphatic carbocycles. The van der Waals surface area contributed by atoms with Crippen LogP contribution in [0.3, 0.4) is 0 Å². The number of rotatable bonds is 2. The molecule has 8 heteroatoms. The number of hydrogen-bond donors (Lipinski definition) is 4. The molecule has 1 saturated carbocycles. The second-order valence-corrected chi connectivity index (χ2v) is 6.76. The van der Waals surface area contributed by atoms with Crippen molar-refractivity contribution in [1.82, 2.24) is 14.5 Å². The number of aromatic nitrogens is 3. The van der Waals surface area contributed by atoms with Gasteiger partial charge in [-0.15, -0.1) is 0 Å². The van der Waals surface area contributed by atoms with Crippen LogP contribution in [0.25, 0.3) is 11.0 Å². The molecule has 2 atom stereocenters. The number of fused-ring (bicyclic) bond motifs is 1. The highest BCUT2D eigenvalue weighted by Gasteiger charge is 2.37. The van der Waals surface area contributed by atoms with E-state index in [0.717, 1.165) is 17.5 Å². The lowest BCUT2D eigenvalue weighted by Gasteiger charge is -2.20. The van der Waals surface area contributed by atoms with E-state index >= 15 is 0 Å². The Morgan fingerprint density at radius 2 is 1.92 bits per heavy atom. The van der Waals surface area contributed by atoms with Gasteiger partial charge in [0.05, 0.1) is 17.6 Å². The lowest BCUT2D eigenvalue weighted by molar-refractivity contribution is -0.127. The first kappa shape index (κ1) is 21.8. The maximum Gasteiger partial charge on any atom is 0.156 e. The largest absolute Gasteiger partial charge is 0.393 e. The van der Waals surface area contributed by atoms with Crippen molar-refractivity contribution in [3.05, 3.63) is 23.7 Å². The van der Waals surface area contributed by atoms with E-state index in [1.54, 1.807) is 0 Å². The fourth-order valence-corrected chi connectivity index (χ4v) is 2.88. The third-order valence-corrected chi connectivity index (χ3v) is 4.01. The van der Waals surface area contributed by atoms with Gasteiger partial charge in [0.25, 0.3) is 0 Å². The Morgan fingerprint density at radius 3 is 2.44 bits per heavy atom. The van der Waals surface area contributed by atoms with Crippen LogP contribution in [0, 0.1) is 0 Å². The van der Waals surface area contributed by atoms with Gasteiger partial charge in [0.15, 0.2) is 5.79 Å².